The van der Waals surface area contributed by atoms with Crippen LogP contribution in [-0.2, 0) is 7.05 Å². The van der Waals surface area contributed by atoms with E-state index in [1.165, 1.54) is 12.3 Å². The second-order valence-electron chi connectivity index (χ2n) is 5.90. The zero-order chi connectivity index (χ0) is 17.1. The van der Waals surface area contributed by atoms with Crippen molar-refractivity contribution in [2.24, 2.45) is 13.0 Å². The summed E-state index contributed by atoms with van der Waals surface area (Å²) in [6, 6.07) is 3.16. The van der Waals surface area contributed by atoms with Crippen molar-refractivity contribution in [3.05, 3.63) is 36.5 Å². The number of alkyl halides is 2. The van der Waals surface area contributed by atoms with Crippen molar-refractivity contribution in [1.82, 2.24) is 14.5 Å². The quantitative estimate of drug-likeness (QED) is 0.907. The van der Waals surface area contributed by atoms with Crippen LogP contribution in [0, 0.1) is 5.92 Å². The van der Waals surface area contributed by atoms with Crippen LogP contribution in [0.3, 0.4) is 0 Å². The molecule has 0 amide bonds. The standard InChI is InChI=1S/C16H20F2N4O2/c1-21-9-6-19-15(21)14(23)11-4-7-22(8-5-11)13-3-2-12(10-20-13)24-16(17)18/h2-3,6,9-11,14,16,23H,4-5,7-8H2,1H3/t14-/m1/s1. The molecule has 1 N–H and O–H groups in total. The van der Waals surface area contributed by atoms with E-state index in [0.29, 0.717) is 5.82 Å². The van der Waals surface area contributed by atoms with Gasteiger partial charge in [-0.25, -0.2) is 9.97 Å². The van der Waals surface area contributed by atoms with Gasteiger partial charge in [-0.2, -0.15) is 8.78 Å². The van der Waals surface area contributed by atoms with Gasteiger partial charge in [0.05, 0.1) is 6.20 Å². The second-order valence-corrected chi connectivity index (χ2v) is 5.90. The molecule has 6 nitrogen and oxygen atoms in total. The third-order valence-corrected chi connectivity index (χ3v) is 4.38. The molecule has 130 valence electrons. The zero-order valence-electron chi connectivity index (χ0n) is 13.3. The lowest BCUT2D eigenvalue weighted by molar-refractivity contribution is -0.0500. The molecule has 1 saturated heterocycles. The number of imidazole rings is 1. The van der Waals surface area contributed by atoms with Crippen LogP contribution in [0.1, 0.15) is 24.8 Å². The second kappa shape index (κ2) is 7.12. The Morgan fingerprint density at radius 2 is 2.00 bits per heavy atom. The molecule has 1 aliphatic rings. The highest BCUT2D eigenvalue weighted by Gasteiger charge is 2.28. The Balaban J connectivity index is 1.58. The molecule has 0 radical (unpaired) electrons. The van der Waals surface area contributed by atoms with E-state index >= 15 is 0 Å². The maximum absolute atomic E-state index is 12.1. The van der Waals surface area contributed by atoms with Crippen LogP contribution in [0.5, 0.6) is 5.75 Å². The van der Waals surface area contributed by atoms with Crippen molar-refractivity contribution in [3.8, 4) is 5.75 Å². The third kappa shape index (κ3) is 3.64. The average molecular weight is 338 g/mol. The lowest BCUT2D eigenvalue weighted by Crippen LogP contribution is -2.36. The summed E-state index contributed by atoms with van der Waals surface area (Å²) < 4.78 is 30.4. The number of piperidine rings is 1. The minimum Gasteiger partial charge on any atom is -0.433 e. The minimum absolute atomic E-state index is 0.0499. The molecule has 3 rings (SSSR count). The molecule has 0 bridgehead atoms. The fourth-order valence-corrected chi connectivity index (χ4v) is 3.05. The van der Waals surface area contributed by atoms with Gasteiger partial charge in [-0.1, -0.05) is 0 Å². The van der Waals surface area contributed by atoms with Crippen LogP contribution >= 0.6 is 0 Å². The van der Waals surface area contributed by atoms with Gasteiger partial charge in [-0.15, -0.1) is 0 Å². The highest BCUT2D eigenvalue weighted by Crippen LogP contribution is 2.31. The van der Waals surface area contributed by atoms with E-state index in [1.54, 1.807) is 12.3 Å². The first kappa shape index (κ1) is 16.6. The number of aliphatic hydroxyl groups is 1. The number of aryl methyl sites for hydroxylation is 1. The first-order chi connectivity index (χ1) is 11.5. The maximum atomic E-state index is 12.1. The molecule has 0 aromatic carbocycles. The summed E-state index contributed by atoms with van der Waals surface area (Å²) in [5, 5.41) is 10.5. The molecule has 8 heteroatoms. The predicted octanol–water partition coefficient (Wildman–Crippen LogP) is 2.37. The van der Waals surface area contributed by atoms with Gasteiger partial charge in [0.15, 0.2) is 0 Å². The molecule has 0 spiro atoms. The number of hydrogen-bond donors (Lipinski definition) is 1. The molecule has 1 fully saturated rings. The first-order valence-corrected chi connectivity index (χ1v) is 7.85. The number of nitrogens with zero attached hydrogens (tertiary/aromatic N) is 4. The fourth-order valence-electron chi connectivity index (χ4n) is 3.05. The SMILES string of the molecule is Cn1ccnc1[C@H](O)C1CCN(c2ccc(OC(F)F)cn2)CC1. The molecule has 24 heavy (non-hydrogen) atoms. The fraction of sp³-hybridized carbons (Fsp3) is 0.500. The summed E-state index contributed by atoms with van der Waals surface area (Å²) in [6.45, 7) is -1.36. The van der Waals surface area contributed by atoms with E-state index in [9.17, 15) is 13.9 Å². The average Bonchev–Trinajstić information content (AvgIpc) is 3.00. The Kier molecular flexibility index (Phi) is 4.94. The smallest absolute Gasteiger partial charge is 0.387 e. The van der Waals surface area contributed by atoms with E-state index < -0.39 is 12.7 Å². The van der Waals surface area contributed by atoms with Gasteiger partial charge in [-0.3, -0.25) is 0 Å². The summed E-state index contributed by atoms with van der Waals surface area (Å²) in [4.78, 5) is 10.5. The van der Waals surface area contributed by atoms with Crippen LogP contribution in [0.25, 0.3) is 0 Å². The molecular formula is C16H20F2N4O2. The van der Waals surface area contributed by atoms with Gasteiger partial charge in [0.25, 0.3) is 0 Å². The number of aromatic nitrogens is 3. The van der Waals surface area contributed by atoms with Gasteiger partial charge in [0, 0.05) is 32.5 Å². The topological polar surface area (TPSA) is 63.4 Å². The lowest BCUT2D eigenvalue weighted by atomic mass is 9.90. The normalized spacial score (nSPS) is 17.3. The van der Waals surface area contributed by atoms with E-state index in [4.69, 9.17) is 0 Å². The molecule has 0 saturated carbocycles. The third-order valence-electron chi connectivity index (χ3n) is 4.38. The number of rotatable bonds is 5. The van der Waals surface area contributed by atoms with Crippen LogP contribution in [-0.4, -0.2) is 39.3 Å². The number of aliphatic hydroxyl groups excluding tert-OH is 1. The number of ether oxygens (including phenoxy) is 1. The van der Waals surface area contributed by atoms with E-state index in [2.05, 4.69) is 19.6 Å². The summed E-state index contributed by atoms with van der Waals surface area (Å²) in [5.41, 5.74) is 0. The Morgan fingerprint density at radius 1 is 1.25 bits per heavy atom. The van der Waals surface area contributed by atoms with Gasteiger partial charge < -0.3 is 19.3 Å². The van der Waals surface area contributed by atoms with Crippen LogP contribution in [0.4, 0.5) is 14.6 Å². The summed E-state index contributed by atoms with van der Waals surface area (Å²) in [5.74, 6) is 1.60. The van der Waals surface area contributed by atoms with Crippen molar-refractivity contribution in [3.63, 3.8) is 0 Å². The Bertz CT molecular complexity index is 654. The summed E-state index contributed by atoms with van der Waals surface area (Å²) in [6.07, 6.45) is 5.84. The highest BCUT2D eigenvalue weighted by molar-refractivity contribution is 5.41. The van der Waals surface area contributed by atoms with E-state index in [1.807, 2.05) is 17.8 Å². The molecule has 2 aromatic rings. The molecule has 1 atom stereocenters. The summed E-state index contributed by atoms with van der Waals surface area (Å²) in [7, 11) is 1.87. The largest absolute Gasteiger partial charge is 0.433 e. The molecule has 1 aliphatic heterocycles. The van der Waals surface area contributed by atoms with Crippen LogP contribution < -0.4 is 9.64 Å². The van der Waals surface area contributed by atoms with E-state index in [0.717, 1.165) is 31.7 Å². The zero-order valence-corrected chi connectivity index (χ0v) is 13.3. The molecule has 3 heterocycles. The van der Waals surface area contributed by atoms with Crippen molar-refractivity contribution in [2.75, 3.05) is 18.0 Å². The maximum Gasteiger partial charge on any atom is 0.387 e. The molecule has 0 unspecified atom stereocenters. The van der Waals surface area contributed by atoms with E-state index in [-0.39, 0.29) is 11.7 Å². The minimum atomic E-state index is -2.85. The number of hydrogen-bond acceptors (Lipinski definition) is 5. The van der Waals surface area contributed by atoms with Crippen molar-refractivity contribution < 1.29 is 18.6 Å². The monoisotopic (exact) mass is 338 g/mol. The Hall–Kier alpha value is -2.22. The molecule has 2 aromatic heterocycles. The van der Waals surface area contributed by atoms with Gasteiger partial charge in [0.2, 0.25) is 0 Å². The highest BCUT2D eigenvalue weighted by atomic mass is 19.3. The summed E-state index contributed by atoms with van der Waals surface area (Å²) >= 11 is 0. The Labute approximate surface area is 138 Å². The number of halogens is 2. The molecular weight excluding hydrogens is 318 g/mol. The van der Waals surface area contributed by atoms with Gasteiger partial charge >= 0.3 is 6.61 Å². The van der Waals surface area contributed by atoms with Crippen LogP contribution in [0.15, 0.2) is 30.7 Å². The number of pyridine rings is 1. The van der Waals surface area contributed by atoms with Crippen LogP contribution in [0.2, 0.25) is 0 Å². The molecule has 0 aliphatic carbocycles. The van der Waals surface area contributed by atoms with Gasteiger partial charge in [-0.05, 0) is 30.9 Å². The van der Waals surface area contributed by atoms with Crippen molar-refractivity contribution in [1.29, 1.82) is 0 Å². The van der Waals surface area contributed by atoms with Gasteiger partial charge in [0.1, 0.15) is 23.5 Å². The first-order valence-electron chi connectivity index (χ1n) is 7.85. The Morgan fingerprint density at radius 3 is 2.54 bits per heavy atom. The lowest BCUT2D eigenvalue weighted by Gasteiger charge is -2.34. The van der Waals surface area contributed by atoms with Crippen molar-refractivity contribution >= 4 is 5.82 Å². The van der Waals surface area contributed by atoms with Crippen molar-refractivity contribution in [2.45, 2.75) is 25.6 Å². The predicted molar refractivity (Wildman–Crippen MR) is 84.0 cm³/mol. The number of anilines is 1.